The van der Waals surface area contributed by atoms with Crippen LogP contribution in [0.5, 0.6) is 0 Å². The van der Waals surface area contributed by atoms with Crippen molar-refractivity contribution < 1.29 is 9.90 Å². The molecule has 0 aliphatic carbocycles. The molecule has 1 rings (SSSR count). The highest BCUT2D eigenvalue weighted by Crippen LogP contribution is 2.29. The maximum atomic E-state index is 11.1. The van der Waals surface area contributed by atoms with Gasteiger partial charge in [-0.3, -0.25) is 4.79 Å². The number of nitrogens with zero attached hydrogens (tertiary/aromatic N) is 1. The maximum absolute atomic E-state index is 11.1. The first-order valence-corrected chi connectivity index (χ1v) is 4.04. The molecule has 0 saturated carbocycles. The largest absolute Gasteiger partial charge is 0.393 e. The molecular weight excluding hydrogens is 142 g/mol. The Balaban J connectivity index is 2.60. The Morgan fingerprint density at radius 2 is 2.27 bits per heavy atom. The summed E-state index contributed by atoms with van der Waals surface area (Å²) in [5, 5.41) is 9.21. The van der Waals surface area contributed by atoms with Crippen LogP contribution in [0, 0.1) is 5.92 Å². The molecule has 1 aliphatic heterocycles. The summed E-state index contributed by atoms with van der Waals surface area (Å²) in [6.07, 6.45) is 0.432. The predicted octanol–water partition coefficient (Wildman–Crippen LogP) is 0.234. The third kappa shape index (κ3) is 1.13. The van der Waals surface area contributed by atoms with Crippen LogP contribution in [0.4, 0.5) is 0 Å². The summed E-state index contributed by atoms with van der Waals surface area (Å²) in [6.45, 7) is 3.71. The molecule has 3 unspecified atom stereocenters. The van der Waals surface area contributed by atoms with Crippen LogP contribution in [0.25, 0.3) is 0 Å². The summed E-state index contributed by atoms with van der Waals surface area (Å²) in [7, 11) is 1.79. The molecule has 0 aromatic heterocycles. The van der Waals surface area contributed by atoms with Gasteiger partial charge in [0.1, 0.15) is 0 Å². The molecule has 1 N–H and O–H groups in total. The highest BCUT2D eigenvalue weighted by atomic mass is 16.3. The lowest BCUT2D eigenvalue weighted by Crippen LogP contribution is -2.62. The van der Waals surface area contributed by atoms with Crippen molar-refractivity contribution in [2.45, 2.75) is 32.4 Å². The van der Waals surface area contributed by atoms with Crippen LogP contribution in [0.15, 0.2) is 0 Å². The second kappa shape index (κ2) is 2.81. The van der Waals surface area contributed by atoms with Crippen LogP contribution < -0.4 is 0 Å². The van der Waals surface area contributed by atoms with Crippen molar-refractivity contribution in [3.05, 3.63) is 0 Å². The molecule has 0 aromatic rings. The topological polar surface area (TPSA) is 40.5 Å². The van der Waals surface area contributed by atoms with Crippen molar-refractivity contribution in [1.82, 2.24) is 4.90 Å². The minimum atomic E-state index is -0.497. The Morgan fingerprint density at radius 3 is 2.55 bits per heavy atom. The fourth-order valence-corrected chi connectivity index (χ4v) is 1.78. The van der Waals surface area contributed by atoms with E-state index >= 15 is 0 Å². The molecule has 0 aromatic carbocycles. The first-order valence-electron chi connectivity index (χ1n) is 4.04. The molecule has 3 nitrogen and oxygen atoms in total. The summed E-state index contributed by atoms with van der Waals surface area (Å²) in [4.78, 5) is 12.8. The zero-order valence-electron chi connectivity index (χ0n) is 7.24. The van der Waals surface area contributed by atoms with Gasteiger partial charge < -0.3 is 10.0 Å². The summed E-state index contributed by atoms with van der Waals surface area (Å²) >= 11 is 0. The molecule has 1 fully saturated rings. The van der Waals surface area contributed by atoms with Gasteiger partial charge >= 0.3 is 0 Å². The normalized spacial score (nSPS) is 33.5. The monoisotopic (exact) mass is 157 g/mol. The predicted molar refractivity (Wildman–Crippen MR) is 42.0 cm³/mol. The van der Waals surface area contributed by atoms with Gasteiger partial charge in [-0.2, -0.15) is 0 Å². The van der Waals surface area contributed by atoms with Gasteiger partial charge in [-0.1, -0.05) is 6.92 Å². The third-order valence-corrected chi connectivity index (χ3v) is 2.48. The lowest BCUT2D eigenvalue weighted by atomic mass is 9.82. The van der Waals surface area contributed by atoms with Gasteiger partial charge in [0.15, 0.2) is 0 Å². The molecule has 1 aliphatic rings. The zero-order valence-corrected chi connectivity index (χ0v) is 7.24. The van der Waals surface area contributed by atoms with E-state index in [1.54, 1.807) is 18.9 Å². The van der Waals surface area contributed by atoms with Gasteiger partial charge in [0, 0.05) is 13.1 Å². The fraction of sp³-hybridized carbons (Fsp3) is 0.875. The van der Waals surface area contributed by atoms with Crippen LogP contribution in [-0.2, 0) is 4.79 Å². The summed E-state index contributed by atoms with van der Waals surface area (Å²) in [5.74, 6) is -0.0724. The standard InChI is InChI=1S/C8H15NO2/c1-4-6-7(5(2)10)8(11)9(6)3/h5-7,10H,4H2,1-3H3. The molecule has 11 heavy (non-hydrogen) atoms. The Bertz CT molecular complexity index is 167. The van der Waals surface area contributed by atoms with E-state index in [2.05, 4.69) is 0 Å². The van der Waals surface area contributed by atoms with Crippen molar-refractivity contribution in [2.75, 3.05) is 7.05 Å². The zero-order chi connectivity index (χ0) is 8.59. The number of β-lactam (4-membered cyclic amide) rings is 1. The highest BCUT2D eigenvalue weighted by Gasteiger charge is 2.46. The molecule has 3 heteroatoms. The van der Waals surface area contributed by atoms with E-state index in [4.69, 9.17) is 0 Å². The minimum Gasteiger partial charge on any atom is -0.393 e. The van der Waals surface area contributed by atoms with Crippen molar-refractivity contribution >= 4 is 5.91 Å². The molecule has 1 amide bonds. The summed E-state index contributed by atoms with van der Waals surface area (Å²) in [5.41, 5.74) is 0. The number of hydrogen-bond donors (Lipinski definition) is 1. The van der Waals surface area contributed by atoms with E-state index in [9.17, 15) is 9.90 Å². The van der Waals surface area contributed by atoms with Crippen LogP contribution >= 0.6 is 0 Å². The first-order chi connectivity index (χ1) is 5.09. The van der Waals surface area contributed by atoms with Crippen LogP contribution in [0.2, 0.25) is 0 Å². The van der Waals surface area contributed by atoms with E-state index in [0.29, 0.717) is 0 Å². The molecular formula is C8H15NO2. The van der Waals surface area contributed by atoms with Gasteiger partial charge in [-0.15, -0.1) is 0 Å². The number of carbonyl (C=O) groups excluding carboxylic acids is 1. The Labute approximate surface area is 67.0 Å². The maximum Gasteiger partial charge on any atom is 0.230 e. The average molecular weight is 157 g/mol. The molecule has 64 valence electrons. The molecule has 1 heterocycles. The van der Waals surface area contributed by atoms with Gasteiger partial charge in [-0.25, -0.2) is 0 Å². The number of amides is 1. The van der Waals surface area contributed by atoms with Crippen molar-refractivity contribution in [3.63, 3.8) is 0 Å². The quantitative estimate of drug-likeness (QED) is 0.583. The average Bonchev–Trinajstić information content (AvgIpc) is 1.96. The fourth-order valence-electron chi connectivity index (χ4n) is 1.78. The molecule has 3 atom stereocenters. The minimum absolute atomic E-state index is 0.0758. The lowest BCUT2D eigenvalue weighted by molar-refractivity contribution is -0.160. The second-order valence-corrected chi connectivity index (χ2v) is 3.19. The number of aliphatic hydroxyl groups excluding tert-OH is 1. The Kier molecular flexibility index (Phi) is 2.18. The van der Waals surface area contributed by atoms with E-state index < -0.39 is 6.10 Å². The van der Waals surface area contributed by atoms with Gasteiger partial charge in [0.2, 0.25) is 5.91 Å². The summed E-state index contributed by atoms with van der Waals surface area (Å²) < 4.78 is 0. The summed E-state index contributed by atoms with van der Waals surface area (Å²) in [6, 6.07) is 0.252. The van der Waals surface area contributed by atoms with E-state index in [1.807, 2.05) is 6.92 Å². The number of aliphatic hydroxyl groups is 1. The van der Waals surface area contributed by atoms with Crippen molar-refractivity contribution in [2.24, 2.45) is 5.92 Å². The van der Waals surface area contributed by atoms with Gasteiger partial charge in [-0.05, 0) is 13.3 Å². The van der Waals surface area contributed by atoms with Gasteiger partial charge in [0.05, 0.1) is 12.0 Å². The SMILES string of the molecule is CCC1C(C(C)O)C(=O)N1C. The van der Waals surface area contributed by atoms with E-state index in [1.165, 1.54) is 0 Å². The van der Waals surface area contributed by atoms with Crippen LogP contribution in [0.3, 0.4) is 0 Å². The highest BCUT2D eigenvalue weighted by molar-refractivity contribution is 5.86. The molecule has 0 bridgehead atoms. The third-order valence-electron chi connectivity index (χ3n) is 2.48. The number of hydrogen-bond acceptors (Lipinski definition) is 2. The Hall–Kier alpha value is -0.570. The number of likely N-dealkylation sites (tertiary alicyclic amines) is 1. The first kappa shape index (κ1) is 8.53. The molecule has 0 spiro atoms. The van der Waals surface area contributed by atoms with E-state index in [-0.39, 0.29) is 17.9 Å². The Morgan fingerprint density at radius 1 is 1.73 bits per heavy atom. The second-order valence-electron chi connectivity index (χ2n) is 3.19. The van der Waals surface area contributed by atoms with Crippen LogP contribution in [-0.4, -0.2) is 35.1 Å². The van der Waals surface area contributed by atoms with Crippen LogP contribution in [0.1, 0.15) is 20.3 Å². The molecule has 0 radical (unpaired) electrons. The smallest absolute Gasteiger partial charge is 0.230 e. The van der Waals surface area contributed by atoms with Gasteiger partial charge in [0.25, 0.3) is 0 Å². The molecule has 1 saturated heterocycles. The number of carbonyl (C=O) groups is 1. The van der Waals surface area contributed by atoms with E-state index in [0.717, 1.165) is 6.42 Å². The van der Waals surface area contributed by atoms with Crippen molar-refractivity contribution in [3.8, 4) is 0 Å². The van der Waals surface area contributed by atoms with Crippen molar-refractivity contribution in [1.29, 1.82) is 0 Å². The lowest BCUT2D eigenvalue weighted by Gasteiger charge is -2.46. The number of rotatable bonds is 2.